The molecule has 2 N–H and O–H groups in total. The molecule has 5 heteroatoms. The largest absolute Gasteiger partial charge is 0.442 e. The van der Waals surface area contributed by atoms with Gasteiger partial charge in [0.15, 0.2) is 0 Å². The number of rotatable bonds is 1. The number of aromatic amines is 1. The highest BCUT2D eigenvalue weighted by Crippen LogP contribution is 2.39. The zero-order valence-corrected chi connectivity index (χ0v) is 11.4. The van der Waals surface area contributed by atoms with Crippen molar-refractivity contribution in [2.45, 2.75) is 12.8 Å². The van der Waals surface area contributed by atoms with Crippen molar-refractivity contribution in [1.82, 2.24) is 4.98 Å². The van der Waals surface area contributed by atoms with E-state index < -0.39 is 11.8 Å². The summed E-state index contributed by atoms with van der Waals surface area (Å²) in [5, 5.41) is 17.3. The Balaban J connectivity index is 2.29. The minimum Gasteiger partial charge on any atom is -0.442 e. The van der Waals surface area contributed by atoms with Crippen molar-refractivity contribution in [3.05, 3.63) is 63.6 Å². The summed E-state index contributed by atoms with van der Waals surface area (Å²) in [5.74, 6) is -1.05. The summed E-state index contributed by atoms with van der Waals surface area (Å²) in [7, 11) is 0. The first-order chi connectivity index (χ1) is 10.1. The minimum atomic E-state index is -0.802. The molecule has 0 amide bonds. The molecule has 1 aromatic carbocycles. The maximum atomic E-state index is 12.3. The van der Waals surface area contributed by atoms with Gasteiger partial charge in [0.2, 0.25) is 5.90 Å². The summed E-state index contributed by atoms with van der Waals surface area (Å²) < 4.78 is 5.39. The lowest BCUT2D eigenvalue weighted by Crippen LogP contribution is -2.35. The molecule has 1 aliphatic heterocycles. The van der Waals surface area contributed by atoms with Crippen LogP contribution in [0.5, 0.6) is 5.75 Å². The van der Waals surface area contributed by atoms with Crippen molar-refractivity contribution in [1.29, 1.82) is 10.7 Å². The van der Waals surface area contributed by atoms with Crippen LogP contribution in [-0.4, -0.2) is 10.9 Å². The normalized spacial score (nSPS) is 20.3. The third-order valence-corrected chi connectivity index (χ3v) is 3.61. The second kappa shape index (κ2) is 4.91. The van der Waals surface area contributed by atoms with Crippen LogP contribution in [0, 0.1) is 29.6 Å². The van der Waals surface area contributed by atoms with Crippen molar-refractivity contribution in [3.63, 3.8) is 0 Å². The Hall–Kier alpha value is -2.87. The van der Waals surface area contributed by atoms with E-state index in [0.29, 0.717) is 17.0 Å². The summed E-state index contributed by atoms with van der Waals surface area (Å²) in [6.07, 6.45) is 0. The van der Waals surface area contributed by atoms with Crippen molar-refractivity contribution < 1.29 is 4.74 Å². The molecule has 5 nitrogen and oxygen atoms in total. The maximum Gasteiger partial charge on any atom is 0.255 e. The van der Waals surface area contributed by atoms with Crippen LogP contribution >= 0.6 is 0 Å². The zero-order valence-electron chi connectivity index (χ0n) is 11.4. The average Bonchev–Trinajstić information content (AvgIpc) is 2.46. The summed E-state index contributed by atoms with van der Waals surface area (Å²) in [5.41, 5.74) is 1.63. The molecule has 0 aliphatic carbocycles. The number of hydrogen-bond donors (Lipinski definition) is 2. The summed E-state index contributed by atoms with van der Waals surface area (Å²) in [6, 6.07) is 13.1. The fourth-order valence-electron chi connectivity index (χ4n) is 2.70. The van der Waals surface area contributed by atoms with Gasteiger partial charge in [0, 0.05) is 17.7 Å². The molecule has 104 valence electrons. The molecule has 21 heavy (non-hydrogen) atoms. The number of fused-ring (bicyclic) bond motifs is 1. The number of aryl methyl sites for hydroxylation is 1. The lowest BCUT2D eigenvalue weighted by molar-refractivity contribution is 0.446. The molecule has 0 radical (unpaired) electrons. The average molecular weight is 279 g/mol. The number of aromatic nitrogens is 1. The molecule has 2 unspecified atom stereocenters. The molecule has 2 atom stereocenters. The quantitative estimate of drug-likeness (QED) is 0.839. The van der Waals surface area contributed by atoms with Crippen LogP contribution in [0.15, 0.2) is 41.2 Å². The van der Waals surface area contributed by atoms with Gasteiger partial charge in [0.1, 0.15) is 11.7 Å². The Morgan fingerprint density at radius 3 is 2.71 bits per heavy atom. The Morgan fingerprint density at radius 2 is 2.05 bits per heavy atom. The molecule has 0 saturated carbocycles. The van der Waals surface area contributed by atoms with Crippen LogP contribution in [-0.2, 0) is 0 Å². The van der Waals surface area contributed by atoms with E-state index in [0.717, 1.165) is 5.56 Å². The standard InChI is InChI=1S/C16H13N3O2/c1-9-7-12-14(16(20)19-9)13(10-5-3-2-4-6-10)11(8-17)15(18)21-12/h2-7,11,13,18H,1H3,(H,19,20). The SMILES string of the molecule is Cc1cc2c(c(=O)[nH]1)C(c1ccccc1)C(C#N)C(=N)O2. The molecule has 2 heterocycles. The number of benzene rings is 1. The van der Waals surface area contributed by atoms with Gasteiger partial charge in [-0.2, -0.15) is 5.26 Å². The lowest BCUT2D eigenvalue weighted by Gasteiger charge is -2.29. The van der Waals surface area contributed by atoms with Crippen LogP contribution in [0.1, 0.15) is 22.7 Å². The lowest BCUT2D eigenvalue weighted by atomic mass is 9.79. The Morgan fingerprint density at radius 1 is 1.33 bits per heavy atom. The summed E-state index contributed by atoms with van der Waals surface area (Å²) in [6.45, 7) is 1.75. The van der Waals surface area contributed by atoms with Crippen LogP contribution in [0.3, 0.4) is 0 Å². The molecule has 0 saturated heterocycles. The van der Waals surface area contributed by atoms with Crippen molar-refractivity contribution in [3.8, 4) is 11.8 Å². The molecule has 0 fully saturated rings. The number of nitriles is 1. The van der Waals surface area contributed by atoms with E-state index in [1.165, 1.54) is 0 Å². The van der Waals surface area contributed by atoms with Crippen LogP contribution in [0.2, 0.25) is 0 Å². The van der Waals surface area contributed by atoms with E-state index in [-0.39, 0.29) is 11.5 Å². The first-order valence-electron chi connectivity index (χ1n) is 6.56. The van der Waals surface area contributed by atoms with Crippen LogP contribution < -0.4 is 10.3 Å². The summed E-state index contributed by atoms with van der Waals surface area (Å²) in [4.78, 5) is 15.1. The van der Waals surface area contributed by atoms with Gasteiger partial charge in [-0.1, -0.05) is 30.3 Å². The molecule has 1 aliphatic rings. The van der Waals surface area contributed by atoms with Gasteiger partial charge in [-0.3, -0.25) is 10.2 Å². The number of pyridine rings is 1. The zero-order chi connectivity index (χ0) is 15.0. The van der Waals surface area contributed by atoms with E-state index in [4.69, 9.17) is 10.1 Å². The third kappa shape index (κ3) is 2.11. The maximum absolute atomic E-state index is 12.3. The van der Waals surface area contributed by atoms with E-state index in [1.54, 1.807) is 13.0 Å². The smallest absolute Gasteiger partial charge is 0.255 e. The van der Waals surface area contributed by atoms with Gasteiger partial charge >= 0.3 is 0 Å². The summed E-state index contributed by atoms with van der Waals surface area (Å²) >= 11 is 0. The monoisotopic (exact) mass is 279 g/mol. The Labute approximate surface area is 121 Å². The molecule has 3 rings (SSSR count). The van der Waals surface area contributed by atoms with Gasteiger partial charge in [-0.05, 0) is 12.5 Å². The highest BCUT2D eigenvalue weighted by Gasteiger charge is 2.38. The first-order valence-corrected chi connectivity index (χ1v) is 6.56. The third-order valence-electron chi connectivity index (χ3n) is 3.61. The predicted octanol–water partition coefficient (Wildman–Crippen LogP) is 2.32. The minimum absolute atomic E-state index is 0.121. The number of nitrogens with zero attached hydrogens (tertiary/aromatic N) is 1. The van der Waals surface area contributed by atoms with Gasteiger partial charge in [-0.15, -0.1) is 0 Å². The highest BCUT2D eigenvalue weighted by molar-refractivity contribution is 5.85. The van der Waals surface area contributed by atoms with Crippen LogP contribution in [0.25, 0.3) is 0 Å². The van der Waals surface area contributed by atoms with Crippen molar-refractivity contribution in [2.75, 3.05) is 0 Å². The number of hydrogen-bond acceptors (Lipinski definition) is 4. The molecule has 0 bridgehead atoms. The fourth-order valence-corrected chi connectivity index (χ4v) is 2.70. The van der Waals surface area contributed by atoms with Crippen LogP contribution in [0.4, 0.5) is 0 Å². The topological polar surface area (TPSA) is 89.7 Å². The number of nitrogens with one attached hydrogen (secondary N) is 2. The van der Waals surface area contributed by atoms with E-state index in [2.05, 4.69) is 11.1 Å². The Kier molecular flexibility index (Phi) is 3.07. The van der Waals surface area contributed by atoms with E-state index >= 15 is 0 Å². The van der Waals surface area contributed by atoms with E-state index in [9.17, 15) is 10.1 Å². The Bertz CT molecular complexity index is 803. The first kappa shape index (κ1) is 13.1. The van der Waals surface area contributed by atoms with Gasteiger partial charge in [-0.25, -0.2) is 0 Å². The second-order valence-corrected chi connectivity index (χ2v) is 5.02. The predicted molar refractivity (Wildman–Crippen MR) is 77.5 cm³/mol. The van der Waals surface area contributed by atoms with Gasteiger partial charge < -0.3 is 9.72 Å². The van der Waals surface area contributed by atoms with Gasteiger partial charge in [0.25, 0.3) is 5.56 Å². The van der Waals surface area contributed by atoms with E-state index in [1.807, 2.05) is 30.3 Å². The molecule has 2 aromatic rings. The van der Waals surface area contributed by atoms with Crippen molar-refractivity contribution in [2.24, 2.45) is 5.92 Å². The number of H-pyrrole nitrogens is 1. The molecule has 0 spiro atoms. The second-order valence-electron chi connectivity index (χ2n) is 5.02. The van der Waals surface area contributed by atoms with Gasteiger partial charge in [0.05, 0.1) is 11.6 Å². The fraction of sp³-hybridized carbons (Fsp3) is 0.188. The number of ether oxygens (including phenoxy) is 1. The van der Waals surface area contributed by atoms with Crippen molar-refractivity contribution >= 4 is 5.90 Å². The molecular formula is C16H13N3O2. The molecular weight excluding hydrogens is 266 g/mol. The molecule has 1 aromatic heterocycles. The highest BCUT2D eigenvalue weighted by atomic mass is 16.5.